The fourth-order valence-corrected chi connectivity index (χ4v) is 2.32. The molecule has 0 spiro atoms. The first-order valence-corrected chi connectivity index (χ1v) is 6.63. The van der Waals surface area contributed by atoms with Crippen LogP contribution < -0.4 is 5.32 Å². The summed E-state index contributed by atoms with van der Waals surface area (Å²) in [5.74, 6) is 0. The number of hydrogen-bond acceptors (Lipinski definition) is 3. The van der Waals surface area contributed by atoms with Gasteiger partial charge in [-0.05, 0) is 39.3 Å². The first kappa shape index (κ1) is 13.9. The molecule has 1 N–H and O–H groups in total. The van der Waals surface area contributed by atoms with Crippen molar-refractivity contribution in [3.05, 3.63) is 0 Å². The third-order valence-corrected chi connectivity index (χ3v) is 3.48. The highest BCUT2D eigenvalue weighted by Crippen LogP contribution is 2.16. The van der Waals surface area contributed by atoms with Crippen molar-refractivity contribution < 1.29 is 4.74 Å². The number of piperidine rings is 1. The van der Waals surface area contributed by atoms with Crippen LogP contribution in [0.1, 0.15) is 40.0 Å². The van der Waals surface area contributed by atoms with Gasteiger partial charge in [0, 0.05) is 25.7 Å². The molecule has 1 aliphatic heterocycles. The first-order chi connectivity index (χ1) is 7.63. The average molecular weight is 228 g/mol. The Balaban J connectivity index is 2.21. The number of likely N-dealkylation sites (tertiary alicyclic amines) is 1. The van der Waals surface area contributed by atoms with Crippen molar-refractivity contribution >= 4 is 0 Å². The Bertz CT molecular complexity index is 185. The number of nitrogens with zero attached hydrogens (tertiary/aromatic N) is 1. The zero-order valence-corrected chi connectivity index (χ0v) is 11.3. The molecule has 0 aliphatic carbocycles. The van der Waals surface area contributed by atoms with Gasteiger partial charge in [0.15, 0.2) is 0 Å². The largest absolute Gasteiger partial charge is 0.380 e. The van der Waals surface area contributed by atoms with Crippen LogP contribution in [0, 0.1) is 0 Å². The lowest BCUT2D eigenvalue weighted by molar-refractivity contribution is 0.0161. The summed E-state index contributed by atoms with van der Waals surface area (Å²) in [6.45, 7) is 10.2. The van der Waals surface area contributed by atoms with Gasteiger partial charge in [0.2, 0.25) is 0 Å². The van der Waals surface area contributed by atoms with Gasteiger partial charge in [-0.15, -0.1) is 0 Å². The van der Waals surface area contributed by atoms with E-state index >= 15 is 0 Å². The molecular weight excluding hydrogens is 200 g/mol. The van der Waals surface area contributed by atoms with Gasteiger partial charge >= 0.3 is 0 Å². The maximum atomic E-state index is 5.46. The predicted molar refractivity (Wildman–Crippen MR) is 68.8 cm³/mol. The molecule has 0 radical (unpaired) electrons. The van der Waals surface area contributed by atoms with Crippen molar-refractivity contribution in [1.82, 2.24) is 10.2 Å². The van der Waals surface area contributed by atoms with Crippen molar-refractivity contribution in [3.63, 3.8) is 0 Å². The molecule has 3 heteroatoms. The molecule has 2 unspecified atom stereocenters. The van der Waals surface area contributed by atoms with Crippen LogP contribution in [0.15, 0.2) is 0 Å². The molecule has 3 nitrogen and oxygen atoms in total. The van der Waals surface area contributed by atoms with Crippen LogP contribution in [-0.2, 0) is 4.74 Å². The van der Waals surface area contributed by atoms with Gasteiger partial charge < -0.3 is 10.1 Å². The third kappa shape index (κ3) is 4.81. The van der Waals surface area contributed by atoms with Crippen LogP contribution in [-0.4, -0.2) is 49.8 Å². The highest BCUT2D eigenvalue weighted by molar-refractivity contribution is 4.77. The Kier molecular flexibility index (Phi) is 6.32. The zero-order chi connectivity index (χ0) is 12.0. The SMILES string of the molecule is COC1CCCN(C(C)CCNC(C)C)C1. The van der Waals surface area contributed by atoms with E-state index in [0.29, 0.717) is 18.2 Å². The Labute approximate surface area is 101 Å². The Hall–Kier alpha value is -0.120. The van der Waals surface area contributed by atoms with E-state index in [2.05, 4.69) is 31.0 Å². The molecule has 0 aromatic rings. The van der Waals surface area contributed by atoms with Crippen molar-refractivity contribution in [3.8, 4) is 0 Å². The molecule has 0 aromatic heterocycles. The van der Waals surface area contributed by atoms with Crippen molar-refractivity contribution in [2.75, 3.05) is 26.7 Å². The van der Waals surface area contributed by atoms with E-state index in [-0.39, 0.29) is 0 Å². The van der Waals surface area contributed by atoms with Gasteiger partial charge in [-0.25, -0.2) is 0 Å². The normalized spacial score (nSPS) is 24.9. The molecule has 1 saturated heterocycles. The molecule has 1 heterocycles. The lowest BCUT2D eigenvalue weighted by Crippen LogP contribution is -2.45. The monoisotopic (exact) mass is 228 g/mol. The number of methoxy groups -OCH3 is 1. The second kappa shape index (κ2) is 7.25. The molecule has 1 fully saturated rings. The van der Waals surface area contributed by atoms with E-state index < -0.39 is 0 Å². The lowest BCUT2D eigenvalue weighted by atomic mass is 10.0. The zero-order valence-electron chi connectivity index (χ0n) is 11.3. The Morgan fingerprint density at radius 2 is 2.12 bits per heavy atom. The minimum Gasteiger partial charge on any atom is -0.380 e. The molecule has 1 aliphatic rings. The van der Waals surface area contributed by atoms with E-state index in [1.165, 1.54) is 25.8 Å². The van der Waals surface area contributed by atoms with Crippen LogP contribution in [0.4, 0.5) is 0 Å². The van der Waals surface area contributed by atoms with Gasteiger partial charge in [0.1, 0.15) is 0 Å². The van der Waals surface area contributed by atoms with Crippen LogP contribution in [0.3, 0.4) is 0 Å². The van der Waals surface area contributed by atoms with Gasteiger partial charge in [0.05, 0.1) is 6.10 Å². The maximum Gasteiger partial charge on any atom is 0.0698 e. The molecule has 16 heavy (non-hydrogen) atoms. The summed E-state index contributed by atoms with van der Waals surface area (Å²) in [5, 5.41) is 3.48. The average Bonchev–Trinajstić information content (AvgIpc) is 2.28. The van der Waals surface area contributed by atoms with Gasteiger partial charge in [-0.1, -0.05) is 13.8 Å². The van der Waals surface area contributed by atoms with E-state index in [1.807, 2.05) is 7.11 Å². The Morgan fingerprint density at radius 3 is 2.75 bits per heavy atom. The number of ether oxygens (including phenoxy) is 1. The molecular formula is C13H28N2O. The summed E-state index contributed by atoms with van der Waals surface area (Å²) < 4.78 is 5.46. The summed E-state index contributed by atoms with van der Waals surface area (Å²) in [5.41, 5.74) is 0. The first-order valence-electron chi connectivity index (χ1n) is 6.63. The molecule has 96 valence electrons. The quantitative estimate of drug-likeness (QED) is 0.751. The predicted octanol–water partition coefficient (Wildman–Crippen LogP) is 1.87. The summed E-state index contributed by atoms with van der Waals surface area (Å²) in [6, 6.07) is 1.27. The van der Waals surface area contributed by atoms with Crippen molar-refractivity contribution in [2.45, 2.75) is 58.2 Å². The standard InChI is InChI=1S/C13H28N2O/c1-11(2)14-8-7-12(3)15-9-5-6-13(10-15)16-4/h11-14H,5-10H2,1-4H3. The van der Waals surface area contributed by atoms with Crippen molar-refractivity contribution in [2.24, 2.45) is 0 Å². The number of hydrogen-bond donors (Lipinski definition) is 1. The molecule has 2 atom stereocenters. The molecule has 0 amide bonds. The van der Waals surface area contributed by atoms with E-state index in [1.54, 1.807) is 0 Å². The van der Waals surface area contributed by atoms with Crippen LogP contribution in [0.25, 0.3) is 0 Å². The summed E-state index contributed by atoms with van der Waals surface area (Å²) in [4.78, 5) is 2.57. The van der Waals surface area contributed by atoms with Gasteiger partial charge in [-0.2, -0.15) is 0 Å². The minimum atomic E-state index is 0.453. The second-order valence-corrected chi connectivity index (χ2v) is 5.24. The van der Waals surface area contributed by atoms with E-state index in [4.69, 9.17) is 4.74 Å². The van der Waals surface area contributed by atoms with E-state index in [0.717, 1.165) is 13.1 Å². The van der Waals surface area contributed by atoms with Gasteiger partial charge in [-0.3, -0.25) is 4.90 Å². The Morgan fingerprint density at radius 1 is 1.38 bits per heavy atom. The topological polar surface area (TPSA) is 24.5 Å². The number of rotatable bonds is 6. The van der Waals surface area contributed by atoms with Crippen molar-refractivity contribution in [1.29, 1.82) is 0 Å². The van der Waals surface area contributed by atoms with Crippen LogP contribution in [0.2, 0.25) is 0 Å². The van der Waals surface area contributed by atoms with E-state index in [9.17, 15) is 0 Å². The second-order valence-electron chi connectivity index (χ2n) is 5.24. The summed E-state index contributed by atoms with van der Waals surface area (Å²) in [7, 11) is 1.83. The highest BCUT2D eigenvalue weighted by Gasteiger charge is 2.22. The minimum absolute atomic E-state index is 0.453. The van der Waals surface area contributed by atoms with Gasteiger partial charge in [0.25, 0.3) is 0 Å². The highest BCUT2D eigenvalue weighted by atomic mass is 16.5. The van der Waals surface area contributed by atoms with Crippen LogP contribution >= 0.6 is 0 Å². The summed E-state index contributed by atoms with van der Waals surface area (Å²) >= 11 is 0. The molecule has 0 saturated carbocycles. The maximum absolute atomic E-state index is 5.46. The van der Waals surface area contributed by atoms with Crippen LogP contribution in [0.5, 0.6) is 0 Å². The molecule has 0 bridgehead atoms. The molecule has 1 rings (SSSR count). The fourth-order valence-electron chi connectivity index (χ4n) is 2.32. The summed E-state index contributed by atoms with van der Waals surface area (Å²) in [6.07, 6.45) is 4.19. The smallest absolute Gasteiger partial charge is 0.0698 e. The lowest BCUT2D eigenvalue weighted by Gasteiger charge is -2.36. The third-order valence-electron chi connectivity index (χ3n) is 3.48. The number of nitrogens with one attached hydrogen (secondary N) is 1. The fraction of sp³-hybridized carbons (Fsp3) is 1.00. The molecule has 0 aromatic carbocycles.